The van der Waals surface area contributed by atoms with Crippen molar-refractivity contribution in [1.29, 1.82) is 0 Å². The molecule has 2 unspecified atom stereocenters. The highest BCUT2D eigenvalue weighted by Gasteiger charge is 2.22. The van der Waals surface area contributed by atoms with Gasteiger partial charge in [-0.3, -0.25) is 0 Å². The molecule has 0 aliphatic rings. The first-order valence-corrected chi connectivity index (χ1v) is 7.36. The van der Waals surface area contributed by atoms with Gasteiger partial charge in [-0.15, -0.1) is 0 Å². The molecule has 2 rings (SSSR count). The van der Waals surface area contributed by atoms with Gasteiger partial charge in [-0.1, -0.05) is 6.07 Å². The van der Waals surface area contributed by atoms with Gasteiger partial charge >= 0.3 is 6.09 Å². The monoisotopic (exact) mass is 322 g/mol. The Balaban J connectivity index is 1.97. The molecule has 0 saturated heterocycles. The fraction of sp³-hybridized carbons (Fsp3) is 0.500. The van der Waals surface area contributed by atoms with Gasteiger partial charge in [0.05, 0.1) is 0 Å². The second kappa shape index (κ2) is 6.55. The summed E-state index contributed by atoms with van der Waals surface area (Å²) in [5.74, 6) is 0.527. The second-order valence-electron chi connectivity index (χ2n) is 6.36. The third-order valence-corrected chi connectivity index (χ3v) is 3.08. The number of rotatable bonds is 4. The number of hydrogen-bond acceptors (Lipinski definition) is 6. The summed E-state index contributed by atoms with van der Waals surface area (Å²) in [5, 5.41) is 22.6. The Morgan fingerprint density at radius 1 is 1.39 bits per heavy atom. The third kappa shape index (κ3) is 4.67. The van der Waals surface area contributed by atoms with Crippen molar-refractivity contribution in [3.8, 4) is 0 Å². The lowest BCUT2D eigenvalue weighted by molar-refractivity contribution is 0.0129. The SMILES string of the molecule is Cc1nc2ccc(C(O)C(O)CNC(=O)OC(C)(C)C)cc2o1. The van der Waals surface area contributed by atoms with E-state index >= 15 is 0 Å². The van der Waals surface area contributed by atoms with E-state index in [-0.39, 0.29) is 6.54 Å². The molecule has 0 aliphatic carbocycles. The number of hydrogen-bond donors (Lipinski definition) is 3. The molecule has 1 aromatic heterocycles. The van der Waals surface area contributed by atoms with Crippen LogP contribution in [-0.4, -0.2) is 39.5 Å². The topological polar surface area (TPSA) is 105 Å². The normalized spacial score (nSPS) is 14.5. The molecule has 0 fully saturated rings. The van der Waals surface area contributed by atoms with E-state index in [1.54, 1.807) is 45.9 Å². The average Bonchev–Trinajstić information content (AvgIpc) is 2.81. The van der Waals surface area contributed by atoms with Gasteiger partial charge in [0.1, 0.15) is 23.3 Å². The molecule has 23 heavy (non-hydrogen) atoms. The van der Waals surface area contributed by atoms with Crippen molar-refractivity contribution in [3.05, 3.63) is 29.7 Å². The van der Waals surface area contributed by atoms with Crippen LogP contribution in [-0.2, 0) is 4.74 Å². The highest BCUT2D eigenvalue weighted by atomic mass is 16.6. The van der Waals surface area contributed by atoms with E-state index in [1.165, 1.54) is 0 Å². The maximum Gasteiger partial charge on any atom is 0.407 e. The molecular weight excluding hydrogens is 300 g/mol. The molecule has 0 aliphatic heterocycles. The minimum atomic E-state index is -1.18. The molecule has 126 valence electrons. The van der Waals surface area contributed by atoms with Gasteiger partial charge in [-0.05, 0) is 38.5 Å². The molecule has 1 heterocycles. The summed E-state index contributed by atoms with van der Waals surface area (Å²) in [6.45, 7) is 6.82. The van der Waals surface area contributed by atoms with Crippen LogP contribution < -0.4 is 5.32 Å². The van der Waals surface area contributed by atoms with Gasteiger partial charge in [-0.25, -0.2) is 9.78 Å². The number of carbonyl (C=O) groups is 1. The summed E-state index contributed by atoms with van der Waals surface area (Å²) >= 11 is 0. The van der Waals surface area contributed by atoms with E-state index in [4.69, 9.17) is 9.15 Å². The number of benzene rings is 1. The number of aliphatic hydroxyl groups excluding tert-OH is 2. The summed E-state index contributed by atoms with van der Waals surface area (Å²) in [4.78, 5) is 15.7. The summed E-state index contributed by atoms with van der Waals surface area (Å²) in [6.07, 6.45) is -2.99. The van der Waals surface area contributed by atoms with E-state index in [9.17, 15) is 15.0 Å². The largest absolute Gasteiger partial charge is 0.444 e. The Kier molecular flexibility index (Phi) is 4.91. The van der Waals surface area contributed by atoms with E-state index in [0.717, 1.165) is 0 Å². The predicted molar refractivity (Wildman–Crippen MR) is 83.9 cm³/mol. The Labute approximate surface area is 134 Å². The molecule has 2 aromatic rings. The fourth-order valence-electron chi connectivity index (χ4n) is 2.08. The molecular formula is C16H22N2O5. The Morgan fingerprint density at radius 2 is 2.09 bits per heavy atom. The van der Waals surface area contributed by atoms with Crippen LogP contribution in [0.2, 0.25) is 0 Å². The Hall–Kier alpha value is -2.12. The molecule has 0 radical (unpaired) electrons. The van der Waals surface area contributed by atoms with Crippen molar-refractivity contribution >= 4 is 17.2 Å². The first kappa shape index (κ1) is 17.2. The van der Waals surface area contributed by atoms with Crippen LogP contribution in [0.4, 0.5) is 4.79 Å². The van der Waals surface area contributed by atoms with Crippen LogP contribution in [0.3, 0.4) is 0 Å². The number of amides is 1. The second-order valence-corrected chi connectivity index (χ2v) is 6.36. The molecule has 0 spiro atoms. The van der Waals surface area contributed by atoms with Crippen molar-refractivity contribution < 1.29 is 24.2 Å². The molecule has 2 atom stereocenters. The van der Waals surface area contributed by atoms with Gasteiger partial charge in [0, 0.05) is 13.5 Å². The Bertz CT molecular complexity index is 689. The van der Waals surface area contributed by atoms with Gasteiger partial charge in [0.15, 0.2) is 11.5 Å². The first-order chi connectivity index (χ1) is 10.7. The molecule has 1 amide bonds. The minimum Gasteiger partial charge on any atom is -0.444 e. The maximum atomic E-state index is 11.6. The average molecular weight is 322 g/mol. The molecule has 1 aromatic carbocycles. The predicted octanol–water partition coefficient (Wildman–Crippen LogP) is 2.06. The number of aryl methyl sites for hydroxylation is 1. The molecule has 0 saturated carbocycles. The van der Waals surface area contributed by atoms with Crippen molar-refractivity contribution in [2.75, 3.05) is 6.54 Å². The number of alkyl carbamates (subject to hydrolysis) is 1. The molecule has 3 N–H and O–H groups in total. The lowest BCUT2D eigenvalue weighted by Crippen LogP contribution is -2.38. The van der Waals surface area contributed by atoms with Crippen LogP contribution in [0.5, 0.6) is 0 Å². The highest BCUT2D eigenvalue weighted by molar-refractivity contribution is 5.73. The lowest BCUT2D eigenvalue weighted by atomic mass is 10.0. The number of nitrogens with one attached hydrogen (secondary N) is 1. The van der Waals surface area contributed by atoms with Gasteiger partial charge in [0.25, 0.3) is 0 Å². The number of aliphatic hydroxyl groups is 2. The van der Waals surface area contributed by atoms with Crippen LogP contribution in [0, 0.1) is 6.92 Å². The summed E-state index contributed by atoms with van der Waals surface area (Å²) in [5.41, 5.74) is 1.07. The van der Waals surface area contributed by atoms with Gasteiger partial charge < -0.3 is 24.7 Å². The number of aromatic nitrogens is 1. The van der Waals surface area contributed by atoms with Crippen molar-refractivity contribution in [1.82, 2.24) is 10.3 Å². The first-order valence-electron chi connectivity index (χ1n) is 7.36. The maximum absolute atomic E-state index is 11.6. The zero-order chi connectivity index (χ0) is 17.2. The van der Waals surface area contributed by atoms with Crippen molar-refractivity contribution in [2.45, 2.75) is 45.5 Å². The standard InChI is InChI=1S/C16H22N2O5/c1-9-18-11-6-5-10(7-13(11)22-9)14(20)12(19)8-17-15(21)23-16(2,3)4/h5-7,12,14,19-20H,8H2,1-4H3,(H,17,21). The highest BCUT2D eigenvalue weighted by Crippen LogP contribution is 2.23. The number of carbonyl (C=O) groups excluding carboxylic acids is 1. The van der Waals surface area contributed by atoms with Crippen LogP contribution in [0.25, 0.3) is 11.1 Å². The van der Waals surface area contributed by atoms with E-state index < -0.39 is 23.9 Å². The Morgan fingerprint density at radius 3 is 2.74 bits per heavy atom. The number of nitrogens with zero attached hydrogens (tertiary/aromatic N) is 1. The van der Waals surface area contributed by atoms with Crippen LogP contribution in [0.15, 0.2) is 22.6 Å². The van der Waals surface area contributed by atoms with Gasteiger partial charge in [-0.2, -0.15) is 0 Å². The van der Waals surface area contributed by atoms with Gasteiger partial charge in [0.2, 0.25) is 0 Å². The zero-order valence-electron chi connectivity index (χ0n) is 13.7. The summed E-state index contributed by atoms with van der Waals surface area (Å²) in [7, 11) is 0. The number of fused-ring (bicyclic) bond motifs is 1. The fourth-order valence-corrected chi connectivity index (χ4v) is 2.08. The van der Waals surface area contributed by atoms with Crippen LogP contribution >= 0.6 is 0 Å². The van der Waals surface area contributed by atoms with Crippen molar-refractivity contribution in [2.24, 2.45) is 0 Å². The summed E-state index contributed by atoms with van der Waals surface area (Å²) < 4.78 is 10.5. The molecule has 7 nitrogen and oxygen atoms in total. The van der Waals surface area contributed by atoms with E-state index in [0.29, 0.717) is 22.6 Å². The van der Waals surface area contributed by atoms with E-state index in [1.807, 2.05) is 0 Å². The van der Waals surface area contributed by atoms with E-state index in [2.05, 4.69) is 10.3 Å². The third-order valence-electron chi connectivity index (χ3n) is 3.08. The number of oxazole rings is 1. The summed E-state index contributed by atoms with van der Waals surface area (Å²) in [6, 6.07) is 4.99. The quantitative estimate of drug-likeness (QED) is 0.796. The van der Waals surface area contributed by atoms with Crippen molar-refractivity contribution in [3.63, 3.8) is 0 Å². The zero-order valence-corrected chi connectivity index (χ0v) is 13.7. The lowest BCUT2D eigenvalue weighted by Gasteiger charge is -2.22. The molecule has 0 bridgehead atoms. The van der Waals surface area contributed by atoms with Crippen LogP contribution in [0.1, 0.15) is 38.3 Å². The smallest absolute Gasteiger partial charge is 0.407 e. The minimum absolute atomic E-state index is 0.135. The molecule has 7 heteroatoms. The number of ether oxygens (including phenoxy) is 1.